The molecule has 1 aromatic heterocycles. The Bertz CT molecular complexity index is 711. The number of hydrogen-bond donors (Lipinski definition) is 0. The smallest absolute Gasteiger partial charge is 0.409 e. The van der Waals surface area contributed by atoms with Crippen molar-refractivity contribution < 1.29 is 13.9 Å². The van der Waals surface area contributed by atoms with Crippen molar-refractivity contribution in [2.24, 2.45) is 0 Å². The van der Waals surface area contributed by atoms with E-state index in [9.17, 15) is 9.18 Å². The first kappa shape index (κ1) is 15.2. The third kappa shape index (κ3) is 2.82. The predicted molar refractivity (Wildman–Crippen MR) is 80.3 cm³/mol. The fourth-order valence-corrected chi connectivity index (χ4v) is 2.16. The number of fused-ring (bicyclic) bond motifs is 1. The third-order valence-corrected chi connectivity index (χ3v) is 3.44. The van der Waals surface area contributed by atoms with Crippen LogP contribution in [0, 0.1) is 19.7 Å². The number of ether oxygens (including phenoxy) is 1. The van der Waals surface area contributed by atoms with E-state index < -0.39 is 6.09 Å². The average Bonchev–Trinajstić information content (AvgIpc) is 2.43. The molecule has 0 atom stereocenters. The number of nitrogens with zero attached hydrogens (tertiary/aromatic N) is 2. The summed E-state index contributed by atoms with van der Waals surface area (Å²) in [5, 5.41) is 0.517. The average molecular weight is 290 g/mol. The lowest BCUT2D eigenvalue weighted by atomic mass is 10.0. The molecule has 2 aromatic rings. The summed E-state index contributed by atoms with van der Waals surface area (Å²) in [5.41, 5.74) is 2.77. The summed E-state index contributed by atoms with van der Waals surface area (Å²) in [6, 6.07) is 3.05. The second kappa shape index (κ2) is 5.68. The van der Waals surface area contributed by atoms with E-state index in [0.29, 0.717) is 28.6 Å². The van der Waals surface area contributed by atoms with Crippen molar-refractivity contribution in [1.29, 1.82) is 0 Å². The van der Waals surface area contributed by atoms with Gasteiger partial charge in [0.1, 0.15) is 11.6 Å². The molecule has 0 radical (unpaired) electrons. The van der Waals surface area contributed by atoms with Crippen LogP contribution in [0.15, 0.2) is 12.1 Å². The fourth-order valence-electron chi connectivity index (χ4n) is 2.16. The largest absolute Gasteiger partial charge is 0.414 e. The van der Waals surface area contributed by atoms with Crippen molar-refractivity contribution in [2.75, 3.05) is 14.1 Å². The van der Waals surface area contributed by atoms with E-state index in [1.54, 1.807) is 27.1 Å². The summed E-state index contributed by atoms with van der Waals surface area (Å²) >= 11 is 0. The number of aryl methyl sites for hydroxylation is 2. The lowest BCUT2D eigenvalue weighted by molar-refractivity contribution is 0.172. The molecule has 0 N–H and O–H groups in total. The summed E-state index contributed by atoms with van der Waals surface area (Å²) in [5.74, 6) is 0.0459. The minimum atomic E-state index is -0.492. The lowest BCUT2D eigenvalue weighted by Crippen LogP contribution is -2.26. The van der Waals surface area contributed by atoms with Crippen LogP contribution in [0.5, 0.6) is 5.75 Å². The highest BCUT2D eigenvalue weighted by Gasteiger charge is 2.17. The van der Waals surface area contributed by atoms with Gasteiger partial charge in [-0.15, -0.1) is 0 Å². The van der Waals surface area contributed by atoms with Gasteiger partial charge in [0.2, 0.25) is 0 Å². The lowest BCUT2D eigenvalue weighted by Gasteiger charge is -2.16. The molecule has 4 nitrogen and oxygen atoms in total. The molecule has 0 spiro atoms. The van der Waals surface area contributed by atoms with E-state index in [1.165, 1.54) is 11.0 Å². The minimum Gasteiger partial charge on any atom is -0.409 e. The zero-order chi connectivity index (χ0) is 15.7. The first-order chi connectivity index (χ1) is 9.85. The number of amides is 1. The van der Waals surface area contributed by atoms with Gasteiger partial charge in [0, 0.05) is 30.7 Å². The van der Waals surface area contributed by atoms with Crippen LogP contribution in [0.25, 0.3) is 10.9 Å². The van der Waals surface area contributed by atoms with E-state index in [2.05, 4.69) is 4.98 Å². The fraction of sp³-hybridized carbons (Fsp3) is 0.375. The maximum Gasteiger partial charge on any atom is 0.414 e. The zero-order valence-corrected chi connectivity index (χ0v) is 13.0. The molecule has 0 fully saturated rings. The van der Waals surface area contributed by atoms with Crippen molar-refractivity contribution >= 4 is 17.0 Å². The summed E-state index contributed by atoms with van der Waals surface area (Å²) < 4.78 is 19.3. The highest BCUT2D eigenvalue weighted by Crippen LogP contribution is 2.32. The van der Waals surface area contributed by atoms with Crippen molar-refractivity contribution in [3.63, 3.8) is 0 Å². The molecule has 5 heteroatoms. The van der Waals surface area contributed by atoms with Gasteiger partial charge in [0.25, 0.3) is 0 Å². The Morgan fingerprint density at radius 3 is 2.57 bits per heavy atom. The first-order valence-corrected chi connectivity index (χ1v) is 6.83. The Morgan fingerprint density at radius 2 is 2.00 bits per heavy atom. The number of carbonyl (C=O) groups excluding carboxylic acids is 1. The second-order valence-corrected chi connectivity index (χ2v) is 5.25. The molecule has 0 bridgehead atoms. The maximum absolute atomic E-state index is 13.9. The van der Waals surface area contributed by atoms with Gasteiger partial charge in [-0.1, -0.05) is 6.92 Å². The van der Waals surface area contributed by atoms with E-state index in [0.717, 1.165) is 11.3 Å². The summed E-state index contributed by atoms with van der Waals surface area (Å²) in [7, 11) is 3.21. The van der Waals surface area contributed by atoms with Gasteiger partial charge in [0.15, 0.2) is 0 Å². The molecular formula is C16H19FN2O2. The maximum atomic E-state index is 13.9. The third-order valence-electron chi connectivity index (χ3n) is 3.44. The van der Waals surface area contributed by atoms with Gasteiger partial charge in [0.05, 0.1) is 5.52 Å². The van der Waals surface area contributed by atoms with Crippen molar-refractivity contribution in [1.82, 2.24) is 9.88 Å². The molecule has 0 aliphatic rings. The summed E-state index contributed by atoms with van der Waals surface area (Å²) in [6.45, 7) is 5.50. The van der Waals surface area contributed by atoms with Crippen LogP contribution < -0.4 is 4.74 Å². The normalized spacial score (nSPS) is 10.8. The number of carbonyl (C=O) groups is 1. The molecule has 1 aromatic carbocycles. The topological polar surface area (TPSA) is 42.4 Å². The molecule has 21 heavy (non-hydrogen) atoms. The van der Waals surface area contributed by atoms with Crippen molar-refractivity contribution in [2.45, 2.75) is 27.2 Å². The van der Waals surface area contributed by atoms with E-state index >= 15 is 0 Å². The monoisotopic (exact) mass is 290 g/mol. The van der Waals surface area contributed by atoms with Crippen LogP contribution >= 0.6 is 0 Å². The molecular weight excluding hydrogens is 271 g/mol. The van der Waals surface area contributed by atoms with Crippen LogP contribution in [-0.2, 0) is 6.42 Å². The van der Waals surface area contributed by atoms with Gasteiger partial charge in [-0.2, -0.15) is 0 Å². The van der Waals surface area contributed by atoms with Gasteiger partial charge in [-0.3, -0.25) is 4.98 Å². The highest BCUT2D eigenvalue weighted by atomic mass is 19.1. The highest BCUT2D eigenvalue weighted by molar-refractivity contribution is 5.89. The molecule has 1 heterocycles. The van der Waals surface area contributed by atoms with Gasteiger partial charge < -0.3 is 9.64 Å². The number of aromatic nitrogens is 1. The van der Waals surface area contributed by atoms with Crippen molar-refractivity contribution in [3.05, 3.63) is 34.8 Å². The van der Waals surface area contributed by atoms with Crippen LogP contribution in [0.4, 0.5) is 9.18 Å². The molecule has 1 amide bonds. The van der Waals surface area contributed by atoms with Gasteiger partial charge in [-0.25, -0.2) is 9.18 Å². The number of rotatable bonds is 2. The predicted octanol–water partition coefficient (Wildman–Crippen LogP) is 3.61. The summed E-state index contributed by atoms with van der Waals surface area (Å²) in [6.07, 6.45) is 0.221. The molecule has 0 saturated heterocycles. The molecule has 0 aliphatic carbocycles. The van der Waals surface area contributed by atoms with Gasteiger partial charge in [-0.05, 0) is 38.0 Å². The number of benzene rings is 1. The second-order valence-electron chi connectivity index (χ2n) is 5.25. The molecule has 2 rings (SSSR count). The molecule has 112 valence electrons. The van der Waals surface area contributed by atoms with Crippen LogP contribution in [0.1, 0.15) is 23.7 Å². The van der Waals surface area contributed by atoms with Crippen LogP contribution in [0.2, 0.25) is 0 Å². The Hall–Kier alpha value is -2.17. The SMILES string of the molecule is CCc1nc2cc(C)c(F)cc2c(OC(=O)N(C)C)c1C. The Kier molecular flexibility index (Phi) is 4.11. The summed E-state index contributed by atoms with van der Waals surface area (Å²) in [4.78, 5) is 17.7. The van der Waals surface area contributed by atoms with Gasteiger partial charge >= 0.3 is 6.09 Å². The van der Waals surface area contributed by atoms with E-state index in [1.807, 2.05) is 13.8 Å². The molecule has 0 aliphatic heterocycles. The minimum absolute atomic E-state index is 0.338. The van der Waals surface area contributed by atoms with Crippen molar-refractivity contribution in [3.8, 4) is 5.75 Å². The zero-order valence-electron chi connectivity index (χ0n) is 13.0. The quantitative estimate of drug-likeness (QED) is 0.848. The number of pyridine rings is 1. The van der Waals surface area contributed by atoms with E-state index in [-0.39, 0.29) is 5.82 Å². The Balaban J connectivity index is 2.72. The standard InChI is InChI=1S/C16H19FN2O2/c1-6-13-10(3)15(21-16(20)19(4)5)11-8-12(17)9(2)7-14(11)18-13/h7-8H,6H2,1-5H3. The molecule has 0 saturated carbocycles. The molecule has 0 unspecified atom stereocenters. The number of hydrogen-bond acceptors (Lipinski definition) is 3. The Morgan fingerprint density at radius 1 is 1.33 bits per heavy atom. The van der Waals surface area contributed by atoms with Crippen LogP contribution in [-0.4, -0.2) is 30.1 Å². The number of halogens is 1. The Labute approximate surface area is 123 Å². The first-order valence-electron chi connectivity index (χ1n) is 6.83. The van der Waals surface area contributed by atoms with Crippen LogP contribution in [0.3, 0.4) is 0 Å². The van der Waals surface area contributed by atoms with E-state index in [4.69, 9.17) is 4.74 Å².